The van der Waals surface area contributed by atoms with Crippen molar-refractivity contribution in [3.05, 3.63) is 39.4 Å². The number of nitrogens with one attached hydrogen (secondary N) is 1. The zero-order valence-corrected chi connectivity index (χ0v) is 8.71. The van der Waals surface area contributed by atoms with E-state index in [1.54, 1.807) is 18.2 Å². The standard InChI is InChI=1S/C11H9ClN2O/c12-8-3-1-2-7-9(8)13-10(6-4-5-6)14-11(7)15/h1-3,6H,4-5H2,(H,13,14,15). The van der Waals surface area contributed by atoms with Crippen LogP contribution in [0.2, 0.25) is 5.02 Å². The maximum Gasteiger partial charge on any atom is 0.258 e. The summed E-state index contributed by atoms with van der Waals surface area (Å²) in [6.07, 6.45) is 2.22. The van der Waals surface area contributed by atoms with Gasteiger partial charge in [0.25, 0.3) is 5.56 Å². The monoisotopic (exact) mass is 220 g/mol. The van der Waals surface area contributed by atoms with E-state index in [4.69, 9.17) is 11.6 Å². The highest BCUT2D eigenvalue weighted by atomic mass is 35.5. The van der Waals surface area contributed by atoms with Crippen LogP contribution in [0.5, 0.6) is 0 Å². The van der Waals surface area contributed by atoms with Crippen LogP contribution in [0.1, 0.15) is 24.6 Å². The molecule has 0 saturated heterocycles. The van der Waals surface area contributed by atoms with Crippen LogP contribution in [0.15, 0.2) is 23.0 Å². The molecule has 0 atom stereocenters. The Morgan fingerprint density at radius 3 is 2.93 bits per heavy atom. The molecular formula is C11H9ClN2O. The second-order valence-corrected chi connectivity index (χ2v) is 4.27. The van der Waals surface area contributed by atoms with Crippen molar-refractivity contribution < 1.29 is 0 Å². The number of aromatic amines is 1. The second kappa shape index (κ2) is 3.07. The van der Waals surface area contributed by atoms with Crippen molar-refractivity contribution in [1.82, 2.24) is 9.97 Å². The summed E-state index contributed by atoms with van der Waals surface area (Å²) in [6, 6.07) is 5.26. The average molecular weight is 221 g/mol. The number of aromatic nitrogens is 2. The summed E-state index contributed by atoms with van der Waals surface area (Å²) >= 11 is 6.01. The molecule has 0 bridgehead atoms. The molecule has 1 saturated carbocycles. The quantitative estimate of drug-likeness (QED) is 0.803. The van der Waals surface area contributed by atoms with Gasteiger partial charge >= 0.3 is 0 Å². The lowest BCUT2D eigenvalue weighted by molar-refractivity contribution is 0.931. The molecule has 3 nitrogen and oxygen atoms in total. The Morgan fingerprint density at radius 2 is 2.20 bits per heavy atom. The first kappa shape index (κ1) is 8.92. The van der Waals surface area contributed by atoms with Gasteiger partial charge in [0.2, 0.25) is 0 Å². The van der Waals surface area contributed by atoms with Crippen molar-refractivity contribution in [1.29, 1.82) is 0 Å². The van der Waals surface area contributed by atoms with E-state index in [9.17, 15) is 4.79 Å². The molecule has 0 amide bonds. The fraction of sp³-hybridized carbons (Fsp3) is 0.273. The maximum absolute atomic E-state index is 11.7. The first-order chi connectivity index (χ1) is 7.25. The Morgan fingerprint density at radius 1 is 1.40 bits per heavy atom. The minimum absolute atomic E-state index is 0.0931. The van der Waals surface area contributed by atoms with Crippen LogP contribution < -0.4 is 5.56 Å². The molecule has 3 rings (SSSR count). The first-order valence-electron chi connectivity index (χ1n) is 4.94. The SMILES string of the molecule is O=c1[nH]c(C2CC2)nc2c(Cl)cccc12. The molecule has 1 aliphatic rings. The lowest BCUT2D eigenvalue weighted by Crippen LogP contribution is -2.11. The summed E-state index contributed by atoms with van der Waals surface area (Å²) in [5, 5.41) is 1.10. The van der Waals surface area contributed by atoms with Crippen molar-refractivity contribution in [3.63, 3.8) is 0 Å². The topological polar surface area (TPSA) is 45.8 Å². The fourth-order valence-electron chi connectivity index (χ4n) is 1.69. The van der Waals surface area contributed by atoms with Gasteiger partial charge in [0, 0.05) is 5.92 Å². The third-order valence-corrected chi connectivity index (χ3v) is 2.97. The van der Waals surface area contributed by atoms with Crippen molar-refractivity contribution in [2.75, 3.05) is 0 Å². The largest absolute Gasteiger partial charge is 0.310 e. The summed E-state index contributed by atoms with van der Waals surface area (Å²) in [4.78, 5) is 19.0. The molecule has 0 aliphatic heterocycles. The van der Waals surface area contributed by atoms with Gasteiger partial charge in [-0.2, -0.15) is 0 Å². The number of benzene rings is 1. The van der Waals surface area contributed by atoms with Crippen molar-refractivity contribution in [2.45, 2.75) is 18.8 Å². The molecule has 1 N–H and O–H groups in total. The third-order valence-electron chi connectivity index (χ3n) is 2.67. The zero-order chi connectivity index (χ0) is 10.4. The van der Waals surface area contributed by atoms with E-state index in [0.29, 0.717) is 21.8 Å². The van der Waals surface area contributed by atoms with Gasteiger partial charge in [-0.1, -0.05) is 17.7 Å². The summed E-state index contributed by atoms with van der Waals surface area (Å²) in [5.74, 6) is 1.21. The van der Waals surface area contributed by atoms with Crippen LogP contribution in [-0.2, 0) is 0 Å². The summed E-state index contributed by atoms with van der Waals surface area (Å²) in [7, 11) is 0. The Bertz CT molecular complexity index is 587. The van der Waals surface area contributed by atoms with Crippen LogP contribution in [0.4, 0.5) is 0 Å². The van der Waals surface area contributed by atoms with Gasteiger partial charge < -0.3 is 4.98 Å². The maximum atomic E-state index is 11.7. The van der Waals surface area contributed by atoms with E-state index in [0.717, 1.165) is 18.7 Å². The van der Waals surface area contributed by atoms with E-state index >= 15 is 0 Å². The molecule has 76 valence electrons. The molecule has 0 radical (unpaired) electrons. The molecule has 2 aromatic rings. The highest BCUT2D eigenvalue weighted by molar-refractivity contribution is 6.34. The number of nitrogens with zero attached hydrogens (tertiary/aromatic N) is 1. The van der Waals surface area contributed by atoms with Crippen molar-refractivity contribution in [2.24, 2.45) is 0 Å². The lowest BCUT2D eigenvalue weighted by Gasteiger charge is -2.02. The van der Waals surface area contributed by atoms with Gasteiger partial charge in [-0.25, -0.2) is 4.98 Å². The normalized spacial score (nSPS) is 15.8. The zero-order valence-electron chi connectivity index (χ0n) is 7.96. The Hall–Kier alpha value is -1.35. The lowest BCUT2D eigenvalue weighted by atomic mass is 10.2. The van der Waals surface area contributed by atoms with Gasteiger partial charge in [0.15, 0.2) is 0 Å². The van der Waals surface area contributed by atoms with Gasteiger partial charge in [0.1, 0.15) is 5.82 Å². The van der Waals surface area contributed by atoms with E-state index in [1.165, 1.54) is 0 Å². The number of hydrogen-bond acceptors (Lipinski definition) is 2. The molecule has 1 heterocycles. The van der Waals surface area contributed by atoms with E-state index in [-0.39, 0.29) is 5.56 Å². The third kappa shape index (κ3) is 1.43. The molecule has 4 heteroatoms. The summed E-state index contributed by atoms with van der Waals surface area (Å²) < 4.78 is 0. The minimum atomic E-state index is -0.0931. The van der Waals surface area contributed by atoms with Crippen LogP contribution in [0, 0.1) is 0 Å². The number of para-hydroxylation sites is 1. The fourth-order valence-corrected chi connectivity index (χ4v) is 1.91. The Labute approximate surface area is 91.1 Å². The summed E-state index contributed by atoms with van der Waals surface area (Å²) in [5.41, 5.74) is 0.522. The van der Waals surface area contributed by atoms with Gasteiger partial charge in [-0.05, 0) is 25.0 Å². The molecular weight excluding hydrogens is 212 g/mol. The molecule has 1 aromatic carbocycles. The van der Waals surface area contributed by atoms with Gasteiger partial charge in [-0.15, -0.1) is 0 Å². The predicted molar refractivity (Wildman–Crippen MR) is 59.3 cm³/mol. The van der Waals surface area contributed by atoms with Crippen molar-refractivity contribution >= 4 is 22.5 Å². The Balaban J connectivity index is 2.37. The smallest absolute Gasteiger partial charge is 0.258 e. The number of halogens is 1. The van der Waals surface area contributed by atoms with E-state index in [2.05, 4.69) is 9.97 Å². The summed E-state index contributed by atoms with van der Waals surface area (Å²) in [6.45, 7) is 0. The predicted octanol–water partition coefficient (Wildman–Crippen LogP) is 2.45. The van der Waals surface area contributed by atoms with Crippen LogP contribution in [0.3, 0.4) is 0 Å². The highest BCUT2D eigenvalue weighted by Gasteiger charge is 2.26. The number of rotatable bonds is 1. The van der Waals surface area contributed by atoms with Gasteiger partial charge in [-0.3, -0.25) is 4.79 Å². The molecule has 15 heavy (non-hydrogen) atoms. The van der Waals surface area contributed by atoms with Crippen molar-refractivity contribution in [3.8, 4) is 0 Å². The Kier molecular flexibility index (Phi) is 1.83. The molecule has 1 aliphatic carbocycles. The second-order valence-electron chi connectivity index (χ2n) is 3.86. The molecule has 1 fully saturated rings. The van der Waals surface area contributed by atoms with E-state index in [1.807, 2.05) is 0 Å². The first-order valence-corrected chi connectivity index (χ1v) is 5.32. The molecule has 0 spiro atoms. The number of hydrogen-bond donors (Lipinski definition) is 1. The molecule has 1 aromatic heterocycles. The minimum Gasteiger partial charge on any atom is -0.310 e. The number of fused-ring (bicyclic) bond motifs is 1. The van der Waals surface area contributed by atoms with Gasteiger partial charge in [0.05, 0.1) is 15.9 Å². The van der Waals surface area contributed by atoms with Crippen LogP contribution in [-0.4, -0.2) is 9.97 Å². The van der Waals surface area contributed by atoms with Crippen LogP contribution in [0.25, 0.3) is 10.9 Å². The van der Waals surface area contributed by atoms with E-state index < -0.39 is 0 Å². The highest BCUT2D eigenvalue weighted by Crippen LogP contribution is 2.38. The molecule has 0 unspecified atom stereocenters. The number of H-pyrrole nitrogens is 1. The van der Waals surface area contributed by atoms with Crippen LogP contribution >= 0.6 is 11.6 Å². The average Bonchev–Trinajstić information content (AvgIpc) is 3.02.